The van der Waals surface area contributed by atoms with Gasteiger partial charge in [0.25, 0.3) is 0 Å². The molecule has 0 spiro atoms. The Labute approximate surface area is 114 Å². The lowest BCUT2D eigenvalue weighted by atomic mass is 9.99. The van der Waals surface area contributed by atoms with Crippen LogP contribution in [0, 0.1) is 0 Å². The molecule has 0 amide bonds. The third-order valence-corrected chi connectivity index (χ3v) is 3.40. The highest BCUT2D eigenvalue weighted by Gasteiger charge is 2.18. The number of carbonyl (C=O) groups is 1. The zero-order valence-corrected chi connectivity index (χ0v) is 11.4. The van der Waals surface area contributed by atoms with Crippen molar-refractivity contribution in [1.29, 1.82) is 0 Å². The summed E-state index contributed by atoms with van der Waals surface area (Å²) < 4.78 is 5.53. The quantitative estimate of drug-likeness (QED) is 0.801. The molecule has 1 heterocycles. The molecule has 0 atom stereocenters. The van der Waals surface area contributed by atoms with Crippen LogP contribution in [0.2, 0.25) is 0 Å². The van der Waals surface area contributed by atoms with Crippen LogP contribution in [-0.4, -0.2) is 37.4 Å². The van der Waals surface area contributed by atoms with Crippen LogP contribution in [-0.2, 0) is 11.2 Å². The Morgan fingerprint density at radius 3 is 3.00 bits per heavy atom. The first kappa shape index (κ1) is 13.9. The van der Waals surface area contributed by atoms with Crippen molar-refractivity contribution in [3.8, 4) is 0 Å². The molecule has 19 heavy (non-hydrogen) atoms. The zero-order chi connectivity index (χ0) is 13.7. The van der Waals surface area contributed by atoms with Crippen LogP contribution in [0.15, 0.2) is 18.2 Å². The Bertz CT molecular complexity index is 445. The van der Waals surface area contributed by atoms with Crippen molar-refractivity contribution in [3.05, 3.63) is 29.3 Å². The third kappa shape index (κ3) is 3.47. The number of aryl methyl sites for hydroxylation is 1. The molecule has 1 aliphatic heterocycles. The number of hydrogen-bond donors (Lipinski definition) is 1. The second-order valence-corrected chi connectivity index (χ2v) is 4.85. The van der Waals surface area contributed by atoms with Gasteiger partial charge in [0.05, 0.1) is 12.2 Å². The van der Waals surface area contributed by atoms with Gasteiger partial charge in [-0.25, -0.2) is 4.79 Å². The lowest BCUT2D eigenvalue weighted by Crippen LogP contribution is -2.32. The summed E-state index contributed by atoms with van der Waals surface area (Å²) in [5, 5.41) is 9.02. The van der Waals surface area contributed by atoms with Crippen molar-refractivity contribution in [3.63, 3.8) is 0 Å². The number of carboxylic acid groups (broad SMARTS) is 1. The van der Waals surface area contributed by atoms with Gasteiger partial charge in [-0.15, -0.1) is 0 Å². The Balaban J connectivity index is 2.04. The monoisotopic (exact) mass is 263 g/mol. The number of rotatable bonds is 6. The van der Waals surface area contributed by atoms with Gasteiger partial charge < -0.3 is 14.7 Å². The molecule has 0 radical (unpaired) electrons. The van der Waals surface area contributed by atoms with E-state index in [1.165, 1.54) is 0 Å². The minimum absolute atomic E-state index is 0.378. The first-order valence-electron chi connectivity index (χ1n) is 6.91. The van der Waals surface area contributed by atoms with Crippen LogP contribution >= 0.6 is 0 Å². The molecule has 4 nitrogen and oxygen atoms in total. The highest BCUT2D eigenvalue weighted by atomic mass is 16.5. The minimum atomic E-state index is -0.855. The Kier molecular flexibility index (Phi) is 4.80. The molecule has 0 saturated carbocycles. The van der Waals surface area contributed by atoms with Crippen molar-refractivity contribution in [2.24, 2.45) is 0 Å². The summed E-state index contributed by atoms with van der Waals surface area (Å²) in [5.41, 5.74) is 2.68. The van der Waals surface area contributed by atoms with Gasteiger partial charge in [0.1, 0.15) is 0 Å². The number of nitrogens with zero attached hydrogens (tertiary/aromatic N) is 1. The van der Waals surface area contributed by atoms with E-state index in [9.17, 15) is 4.79 Å². The average Bonchev–Trinajstić information content (AvgIpc) is 2.43. The van der Waals surface area contributed by atoms with E-state index in [1.54, 1.807) is 12.1 Å². The predicted molar refractivity (Wildman–Crippen MR) is 75.0 cm³/mol. The third-order valence-electron chi connectivity index (χ3n) is 3.40. The number of hydrogen-bond acceptors (Lipinski definition) is 3. The first-order valence-corrected chi connectivity index (χ1v) is 6.91. The molecule has 104 valence electrons. The minimum Gasteiger partial charge on any atom is -0.478 e. The van der Waals surface area contributed by atoms with E-state index in [2.05, 4.69) is 11.8 Å². The van der Waals surface area contributed by atoms with Crippen LogP contribution in [0.4, 0.5) is 5.69 Å². The van der Waals surface area contributed by atoms with Crippen LogP contribution in [0.25, 0.3) is 0 Å². The van der Waals surface area contributed by atoms with Gasteiger partial charge in [-0.3, -0.25) is 0 Å². The fraction of sp³-hybridized carbons (Fsp3) is 0.533. The van der Waals surface area contributed by atoms with E-state index in [4.69, 9.17) is 9.84 Å². The molecule has 1 aromatic carbocycles. The maximum atomic E-state index is 11.0. The SMILES string of the molecule is CCCOCCN1CCCc2cc(C(=O)O)ccc21. The second kappa shape index (κ2) is 6.57. The predicted octanol–water partition coefficient (Wildman–Crippen LogP) is 2.56. The van der Waals surface area contributed by atoms with Gasteiger partial charge in [-0.1, -0.05) is 6.92 Å². The first-order chi connectivity index (χ1) is 9.22. The molecule has 0 fully saturated rings. The van der Waals surface area contributed by atoms with E-state index >= 15 is 0 Å². The lowest BCUT2D eigenvalue weighted by molar-refractivity contribution is 0.0696. The Morgan fingerprint density at radius 2 is 2.26 bits per heavy atom. The summed E-state index contributed by atoms with van der Waals surface area (Å²) in [4.78, 5) is 13.3. The molecule has 4 heteroatoms. The molecule has 2 rings (SSSR count). The molecular formula is C15H21NO3. The van der Waals surface area contributed by atoms with Crippen molar-refractivity contribution >= 4 is 11.7 Å². The van der Waals surface area contributed by atoms with Gasteiger partial charge in [-0.2, -0.15) is 0 Å². The van der Waals surface area contributed by atoms with Crippen LogP contribution < -0.4 is 4.90 Å². The van der Waals surface area contributed by atoms with Crippen LogP contribution in [0.3, 0.4) is 0 Å². The smallest absolute Gasteiger partial charge is 0.335 e. The van der Waals surface area contributed by atoms with E-state index in [1.807, 2.05) is 6.07 Å². The van der Waals surface area contributed by atoms with Crippen LogP contribution in [0.1, 0.15) is 35.7 Å². The number of aromatic carboxylic acids is 1. The molecule has 0 saturated heterocycles. The fourth-order valence-electron chi connectivity index (χ4n) is 2.46. The number of carboxylic acids is 1. The molecule has 0 unspecified atom stereocenters. The van der Waals surface area contributed by atoms with Crippen molar-refractivity contribution in [2.75, 3.05) is 31.2 Å². The summed E-state index contributed by atoms with van der Waals surface area (Å²) in [7, 11) is 0. The van der Waals surface area contributed by atoms with Gasteiger partial charge in [0.15, 0.2) is 0 Å². The Hall–Kier alpha value is -1.55. The fourth-order valence-corrected chi connectivity index (χ4v) is 2.46. The molecular weight excluding hydrogens is 242 g/mol. The normalized spacial score (nSPS) is 14.3. The summed E-state index contributed by atoms with van der Waals surface area (Å²) in [6.45, 7) is 5.53. The topological polar surface area (TPSA) is 49.8 Å². The number of fused-ring (bicyclic) bond motifs is 1. The molecule has 1 aromatic rings. The van der Waals surface area contributed by atoms with Gasteiger partial charge in [0.2, 0.25) is 0 Å². The lowest BCUT2D eigenvalue weighted by Gasteiger charge is -2.31. The van der Waals surface area contributed by atoms with Gasteiger partial charge >= 0.3 is 5.97 Å². The highest BCUT2D eigenvalue weighted by Crippen LogP contribution is 2.27. The highest BCUT2D eigenvalue weighted by molar-refractivity contribution is 5.88. The second-order valence-electron chi connectivity index (χ2n) is 4.85. The molecule has 0 aliphatic carbocycles. The van der Waals surface area contributed by atoms with E-state index in [0.29, 0.717) is 5.56 Å². The zero-order valence-electron chi connectivity index (χ0n) is 11.4. The molecule has 0 bridgehead atoms. The van der Waals surface area contributed by atoms with Gasteiger partial charge in [0, 0.05) is 25.4 Å². The van der Waals surface area contributed by atoms with Crippen molar-refractivity contribution in [2.45, 2.75) is 26.2 Å². The maximum Gasteiger partial charge on any atom is 0.335 e. The van der Waals surface area contributed by atoms with Crippen LogP contribution in [0.5, 0.6) is 0 Å². The summed E-state index contributed by atoms with van der Waals surface area (Å²) in [6, 6.07) is 5.42. The number of benzene rings is 1. The molecule has 1 aliphatic rings. The molecule has 0 aromatic heterocycles. The summed E-state index contributed by atoms with van der Waals surface area (Å²) in [6.07, 6.45) is 3.07. The van der Waals surface area contributed by atoms with E-state index < -0.39 is 5.97 Å². The largest absolute Gasteiger partial charge is 0.478 e. The van der Waals surface area contributed by atoms with Crippen molar-refractivity contribution in [1.82, 2.24) is 0 Å². The van der Waals surface area contributed by atoms with E-state index in [0.717, 1.165) is 56.8 Å². The average molecular weight is 263 g/mol. The van der Waals surface area contributed by atoms with E-state index in [-0.39, 0.29) is 0 Å². The van der Waals surface area contributed by atoms with Gasteiger partial charge in [-0.05, 0) is 43.0 Å². The standard InChI is InChI=1S/C15H21NO3/c1-2-9-19-10-8-16-7-3-4-12-11-13(15(17)18)5-6-14(12)16/h5-6,11H,2-4,7-10H2,1H3,(H,17,18). The molecule has 1 N–H and O–H groups in total. The summed E-state index contributed by atoms with van der Waals surface area (Å²) in [5.74, 6) is -0.855. The van der Waals surface area contributed by atoms with Crippen molar-refractivity contribution < 1.29 is 14.6 Å². The maximum absolute atomic E-state index is 11.0. The number of ether oxygens (including phenoxy) is 1. The number of anilines is 1. The Morgan fingerprint density at radius 1 is 1.42 bits per heavy atom. The summed E-state index contributed by atoms with van der Waals surface area (Å²) >= 11 is 0.